The molecule has 1 heterocycles. The van der Waals surface area contributed by atoms with Crippen molar-refractivity contribution in [3.63, 3.8) is 0 Å². The van der Waals surface area contributed by atoms with Gasteiger partial charge in [0.2, 0.25) is 0 Å². The van der Waals surface area contributed by atoms with Crippen LogP contribution in [0.15, 0.2) is 54.6 Å². The predicted octanol–water partition coefficient (Wildman–Crippen LogP) is 3.83. The summed E-state index contributed by atoms with van der Waals surface area (Å²) in [5, 5.41) is 0. The van der Waals surface area contributed by atoms with Crippen LogP contribution in [0.25, 0.3) is 0 Å². The van der Waals surface area contributed by atoms with Crippen molar-refractivity contribution in [2.24, 2.45) is 0 Å². The third-order valence-electron chi connectivity index (χ3n) is 4.56. The SMILES string of the molecule is CC1(C)OC2Cc3ccccc3C2(Cc2ccccc2)O1. The van der Waals surface area contributed by atoms with Crippen molar-refractivity contribution >= 4 is 0 Å². The van der Waals surface area contributed by atoms with Crippen LogP contribution in [0.1, 0.15) is 30.5 Å². The van der Waals surface area contributed by atoms with Gasteiger partial charge in [0.25, 0.3) is 0 Å². The van der Waals surface area contributed by atoms with Gasteiger partial charge in [-0.25, -0.2) is 0 Å². The molecule has 4 rings (SSSR count). The normalized spacial score (nSPS) is 29.1. The summed E-state index contributed by atoms with van der Waals surface area (Å²) in [6, 6.07) is 19.2. The number of rotatable bonds is 2. The van der Waals surface area contributed by atoms with Crippen molar-refractivity contribution in [3.05, 3.63) is 71.3 Å². The van der Waals surface area contributed by atoms with Crippen molar-refractivity contribution in [1.29, 1.82) is 0 Å². The van der Waals surface area contributed by atoms with Crippen molar-refractivity contribution in [2.45, 2.75) is 44.2 Å². The van der Waals surface area contributed by atoms with E-state index in [9.17, 15) is 0 Å². The van der Waals surface area contributed by atoms with E-state index in [1.807, 2.05) is 13.8 Å². The molecule has 2 aromatic carbocycles. The summed E-state index contributed by atoms with van der Waals surface area (Å²) in [7, 11) is 0. The summed E-state index contributed by atoms with van der Waals surface area (Å²) < 4.78 is 12.7. The van der Waals surface area contributed by atoms with Gasteiger partial charge in [-0.3, -0.25) is 0 Å². The average molecular weight is 280 g/mol. The van der Waals surface area contributed by atoms with Crippen LogP contribution < -0.4 is 0 Å². The highest BCUT2D eigenvalue weighted by Gasteiger charge is 2.58. The first-order valence-corrected chi connectivity index (χ1v) is 7.59. The largest absolute Gasteiger partial charge is 0.344 e. The maximum atomic E-state index is 6.47. The van der Waals surface area contributed by atoms with Crippen LogP contribution >= 0.6 is 0 Å². The molecule has 1 aliphatic heterocycles. The molecule has 21 heavy (non-hydrogen) atoms. The van der Waals surface area contributed by atoms with Gasteiger partial charge in [-0.1, -0.05) is 54.6 Å². The van der Waals surface area contributed by atoms with Gasteiger partial charge in [0.15, 0.2) is 5.79 Å². The molecule has 0 N–H and O–H groups in total. The minimum atomic E-state index is -0.521. The Morgan fingerprint density at radius 1 is 1.00 bits per heavy atom. The standard InChI is InChI=1S/C19H20O2/c1-18(2)20-17-12-15-10-6-7-11-16(15)19(17,21-18)13-14-8-4-3-5-9-14/h3-11,17H,12-13H2,1-2H3. The van der Waals surface area contributed by atoms with Gasteiger partial charge >= 0.3 is 0 Å². The average Bonchev–Trinajstić information content (AvgIpc) is 2.86. The van der Waals surface area contributed by atoms with E-state index in [2.05, 4.69) is 54.6 Å². The first kappa shape index (κ1) is 13.1. The molecule has 1 fully saturated rings. The number of fused-ring (bicyclic) bond motifs is 3. The van der Waals surface area contributed by atoms with Crippen LogP contribution in [0, 0.1) is 0 Å². The fourth-order valence-corrected chi connectivity index (χ4v) is 3.86. The van der Waals surface area contributed by atoms with E-state index in [0.717, 1.165) is 12.8 Å². The molecule has 0 spiro atoms. The monoisotopic (exact) mass is 280 g/mol. The van der Waals surface area contributed by atoms with E-state index in [1.165, 1.54) is 16.7 Å². The van der Waals surface area contributed by atoms with Crippen LogP contribution in [-0.2, 0) is 27.9 Å². The predicted molar refractivity (Wildman–Crippen MR) is 82.0 cm³/mol. The summed E-state index contributed by atoms with van der Waals surface area (Å²) in [6.45, 7) is 4.03. The van der Waals surface area contributed by atoms with Gasteiger partial charge in [-0.05, 0) is 30.5 Å². The van der Waals surface area contributed by atoms with Gasteiger partial charge < -0.3 is 9.47 Å². The Bertz CT molecular complexity index is 662. The minimum absolute atomic E-state index is 0.102. The molecule has 2 aliphatic rings. The van der Waals surface area contributed by atoms with E-state index in [-0.39, 0.29) is 11.7 Å². The van der Waals surface area contributed by atoms with Gasteiger partial charge in [0.05, 0.1) is 6.10 Å². The van der Waals surface area contributed by atoms with Crippen LogP contribution in [0.2, 0.25) is 0 Å². The van der Waals surface area contributed by atoms with Crippen molar-refractivity contribution in [1.82, 2.24) is 0 Å². The molecular formula is C19H20O2. The van der Waals surface area contributed by atoms with E-state index in [1.54, 1.807) is 0 Å². The molecule has 2 aromatic rings. The lowest BCUT2D eigenvalue weighted by Gasteiger charge is -2.30. The first-order chi connectivity index (χ1) is 10.1. The number of hydrogen-bond donors (Lipinski definition) is 0. The second-order valence-corrected chi connectivity index (χ2v) is 6.52. The highest BCUT2D eigenvalue weighted by molar-refractivity contribution is 5.42. The molecule has 0 aromatic heterocycles. The summed E-state index contributed by atoms with van der Waals surface area (Å²) in [5.41, 5.74) is 3.60. The Balaban J connectivity index is 1.81. The molecule has 1 aliphatic carbocycles. The zero-order valence-electron chi connectivity index (χ0n) is 12.5. The molecule has 108 valence electrons. The van der Waals surface area contributed by atoms with Gasteiger partial charge in [-0.15, -0.1) is 0 Å². The first-order valence-electron chi connectivity index (χ1n) is 7.59. The zero-order chi connectivity index (χ0) is 14.5. The van der Waals surface area contributed by atoms with Crippen molar-refractivity contribution < 1.29 is 9.47 Å². The smallest absolute Gasteiger partial charge is 0.164 e. The zero-order valence-corrected chi connectivity index (χ0v) is 12.5. The molecule has 1 saturated heterocycles. The topological polar surface area (TPSA) is 18.5 Å². The molecule has 0 bridgehead atoms. The maximum Gasteiger partial charge on any atom is 0.164 e. The fourth-order valence-electron chi connectivity index (χ4n) is 3.86. The lowest BCUT2D eigenvalue weighted by molar-refractivity contribution is -0.166. The molecule has 2 heteroatoms. The fraction of sp³-hybridized carbons (Fsp3) is 0.368. The molecule has 2 nitrogen and oxygen atoms in total. The Morgan fingerprint density at radius 3 is 2.52 bits per heavy atom. The van der Waals surface area contributed by atoms with Crippen LogP contribution in [0.4, 0.5) is 0 Å². The van der Waals surface area contributed by atoms with Crippen LogP contribution in [0.5, 0.6) is 0 Å². The molecule has 0 radical (unpaired) electrons. The Kier molecular flexibility index (Phi) is 2.75. The lowest BCUT2D eigenvalue weighted by Crippen LogP contribution is -2.36. The molecular weight excluding hydrogens is 260 g/mol. The van der Waals surface area contributed by atoms with E-state index < -0.39 is 5.79 Å². The molecule has 0 amide bonds. The Hall–Kier alpha value is -1.64. The van der Waals surface area contributed by atoms with Gasteiger partial charge in [0.1, 0.15) is 5.60 Å². The lowest BCUT2D eigenvalue weighted by atomic mass is 9.87. The minimum Gasteiger partial charge on any atom is -0.344 e. The summed E-state index contributed by atoms with van der Waals surface area (Å²) in [4.78, 5) is 0. The quantitative estimate of drug-likeness (QED) is 0.832. The van der Waals surface area contributed by atoms with E-state index in [4.69, 9.17) is 9.47 Å². The summed E-state index contributed by atoms with van der Waals surface area (Å²) >= 11 is 0. The van der Waals surface area contributed by atoms with Crippen LogP contribution in [0.3, 0.4) is 0 Å². The number of benzene rings is 2. The third kappa shape index (κ3) is 2.02. The maximum absolute atomic E-state index is 6.47. The van der Waals surface area contributed by atoms with Gasteiger partial charge in [-0.2, -0.15) is 0 Å². The second kappa shape index (κ2) is 4.43. The second-order valence-electron chi connectivity index (χ2n) is 6.52. The van der Waals surface area contributed by atoms with Crippen molar-refractivity contribution in [3.8, 4) is 0 Å². The molecule has 2 atom stereocenters. The Labute approximate surface area is 125 Å². The van der Waals surface area contributed by atoms with E-state index >= 15 is 0 Å². The van der Waals surface area contributed by atoms with Crippen molar-refractivity contribution in [2.75, 3.05) is 0 Å². The van der Waals surface area contributed by atoms with Crippen LogP contribution in [-0.4, -0.2) is 11.9 Å². The third-order valence-corrected chi connectivity index (χ3v) is 4.56. The summed E-state index contributed by atoms with van der Waals surface area (Å²) in [6.07, 6.45) is 1.90. The summed E-state index contributed by atoms with van der Waals surface area (Å²) in [5.74, 6) is -0.521. The molecule has 0 saturated carbocycles. The van der Waals surface area contributed by atoms with E-state index in [0.29, 0.717) is 0 Å². The Morgan fingerprint density at radius 2 is 1.71 bits per heavy atom. The molecule has 2 unspecified atom stereocenters. The van der Waals surface area contributed by atoms with Gasteiger partial charge in [0, 0.05) is 12.8 Å². The number of hydrogen-bond acceptors (Lipinski definition) is 2. The highest BCUT2D eigenvalue weighted by atomic mass is 16.8. The highest BCUT2D eigenvalue weighted by Crippen LogP contribution is 2.52. The number of ether oxygens (including phenoxy) is 2.